The van der Waals surface area contributed by atoms with Crippen molar-refractivity contribution in [1.82, 2.24) is 0 Å². The van der Waals surface area contributed by atoms with Crippen LogP contribution in [0.4, 0.5) is 0 Å². The molecule has 0 aromatic heterocycles. The normalized spacial score (nSPS) is 11.1. The molecule has 0 N–H and O–H groups in total. The first-order chi connectivity index (χ1) is 6.37. The van der Waals surface area contributed by atoms with Crippen LogP contribution in [0.15, 0.2) is 12.2 Å². The molecule has 0 heterocycles. The largest absolute Gasteiger partial charge is 0.460 e. The standard InChI is InChI=1S/C12H22O2/c1-6-10(2)8-7-9-12(4,5)14-11(3)13/h2,6-9H2,1,3-5H3. The summed E-state index contributed by atoms with van der Waals surface area (Å²) >= 11 is 0. The van der Waals surface area contributed by atoms with Gasteiger partial charge in [0.05, 0.1) is 0 Å². The minimum Gasteiger partial charge on any atom is -0.460 e. The van der Waals surface area contributed by atoms with Gasteiger partial charge in [0.15, 0.2) is 0 Å². The second kappa shape index (κ2) is 5.84. The van der Waals surface area contributed by atoms with E-state index in [4.69, 9.17) is 4.74 Å². The van der Waals surface area contributed by atoms with E-state index in [9.17, 15) is 4.79 Å². The Morgan fingerprint density at radius 1 is 1.43 bits per heavy atom. The predicted octanol–water partition coefficient (Wildman–Crippen LogP) is 3.46. The van der Waals surface area contributed by atoms with Crippen LogP contribution in [0.3, 0.4) is 0 Å². The zero-order valence-corrected chi connectivity index (χ0v) is 9.85. The highest BCUT2D eigenvalue weighted by atomic mass is 16.6. The van der Waals surface area contributed by atoms with Gasteiger partial charge >= 0.3 is 5.97 Å². The van der Waals surface area contributed by atoms with E-state index < -0.39 is 0 Å². The Hall–Kier alpha value is -0.790. The van der Waals surface area contributed by atoms with Crippen molar-refractivity contribution in [3.8, 4) is 0 Å². The number of hydrogen-bond acceptors (Lipinski definition) is 2. The van der Waals surface area contributed by atoms with E-state index in [0.717, 1.165) is 25.7 Å². The number of allylic oxidation sites excluding steroid dienone is 1. The second-order valence-corrected chi connectivity index (χ2v) is 4.31. The van der Waals surface area contributed by atoms with Crippen LogP contribution in [0.2, 0.25) is 0 Å². The molecule has 0 aliphatic heterocycles. The molecule has 0 radical (unpaired) electrons. The molecule has 82 valence electrons. The Kier molecular flexibility index (Phi) is 5.51. The van der Waals surface area contributed by atoms with E-state index in [-0.39, 0.29) is 11.6 Å². The predicted molar refractivity (Wildman–Crippen MR) is 59.1 cm³/mol. The van der Waals surface area contributed by atoms with Crippen LogP contribution >= 0.6 is 0 Å². The van der Waals surface area contributed by atoms with Gasteiger partial charge in [-0.25, -0.2) is 0 Å². The fourth-order valence-corrected chi connectivity index (χ4v) is 1.38. The number of carbonyl (C=O) groups is 1. The fraction of sp³-hybridized carbons (Fsp3) is 0.750. The fourth-order valence-electron chi connectivity index (χ4n) is 1.38. The zero-order chi connectivity index (χ0) is 11.2. The number of hydrogen-bond donors (Lipinski definition) is 0. The van der Waals surface area contributed by atoms with Gasteiger partial charge in [-0.1, -0.05) is 19.1 Å². The maximum atomic E-state index is 10.8. The number of esters is 1. The molecule has 0 amide bonds. The van der Waals surface area contributed by atoms with Gasteiger partial charge in [0.25, 0.3) is 0 Å². The van der Waals surface area contributed by atoms with E-state index >= 15 is 0 Å². The summed E-state index contributed by atoms with van der Waals surface area (Å²) in [4.78, 5) is 10.8. The molecule has 0 aliphatic carbocycles. The molecule has 0 rings (SSSR count). The minimum absolute atomic E-state index is 0.204. The van der Waals surface area contributed by atoms with Gasteiger partial charge in [-0.2, -0.15) is 0 Å². The number of ether oxygens (including phenoxy) is 1. The molecule has 0 bridgehead atoms. The summed E-state index contributed by atoms with van der Waals surface area (Å²) in [7, 11) is 0. The summed E-state index contributed by atoms with van der Waals surface area (Å²) in [6.45, 7) is 11.4. The summed E-state index contributed by atoms with van der Waals surface area (Å²) < 4.78 is 5.18. The van der Waals surface area contributed by atoms with Gasteiger partial charge in [-0.3, -0.25) is 4.79 Å². The molecule has 2 nitrogen and oxygen atoms in total. The average molecular weight is 198 g/mol. The molecule has 0 saturated carbocycles. The highest BCUT2D eigenvalue weighted by molar-refractivity contribution is 5.66. The number of rotatable bonds is 6. The third-order valence-electron chi connectivity index (χ3n) is 2.23. The monoisotopic (exact) mass is 198 g/mol. The summed E-state index contributed by atoms with van der Waals surface area (Å²) in [5, 5.41) is 0. The highest BCUT2D eigenvalue weighted by Crippen LogP contribution is 2.20. The molecule has 0 aromatic rings. The maximum absolute atomic E-state index is 10.8. The van der Waals surface area contributed by atoms with Crippen molar-refractivity contribution in [2.24, 2.45) is 0 Å². The van der Waals surface area contributed by atoms with Crippen LogP contribution in [0, 0.1) is 0 Å². The third kappa shape index (κ3) is 6.70. The van der Waals surface area contributed by atoms with Gasteiger partial charge in [0, 0.05) is 6.92 Å². The topological polar surface area (TPSA) is 26.3 Å². The molecule has 0 aliphatic rings. The van der Waals surface area contributed by atoms with E-state index in [1.807, 2.05) is 13.8 Å². The Bertz CT molecular complexity index is 204. The van der Waals surface area contributed by atoms with Crippen molar-refractivity contribution in [2.45, 2.75) is 59.0 Å². The maximum Gasteiger partial charge on any atom is 0.303 e. The van der Waals surface area contributed by atoms with Gasteiger partial charge in [0.1, 0.15) is 5.60 Å². The van der Waals surface area contributed by atoms with Crippen molar-refractivity contribution < 1.29 is 9.53 Å². The molecule has 0 saturated heterocycles. The molecule has 0 atom stereocenters. The van der Waals surface area contributed by atoms with Crippen molar-refractivity contribution in [3.63, 3.8) is 0 Å². The molecular formula is C12H22O2. The van der Waals surface area contributed by atoms with Crippen molar-refractivity contribution in [3.05, 3.63) is 12.2 Å². The Morgan fingerprint density at radius 2 is 2.00 bits per heavy atom. The first-order valence-electron chi connectivity index (χ1n) is 5.23. The lowest BCUT2D eigenvalue weighted by Crippen LogP contribution is -2.26. The second-order valence-electron chi connectivity index (χ2n) is 4.31. The van der Waals surface area contributed by atoms with Crippen LogP contribution < -0.4 is 0 Å². The highest BCUT2D eigenvalue weighted by Gasteiger charge is 2.20. The Morgan fingerprint density at radius 3 is 2.43 bits per heavy atom. The van der Waals surface area contributed by atoms with E-state index in [0.29, 0.717) is 0 Å². The summed E-state index contributed by atoms with van der Waals surface area (Å²) in [5.74, 6) is -0.204. The summed E-state index contributed by atoms with van der Waals surface area (Å²) in [5.41, 5.74) is 0.934. The molecular weight excluding hydrogens is 176 g/mol. The van der Waals surface area contributed by atoms with Crippen LogP contribution in [-0.2, 0) is 9.53 Å². The smallest absolute Gasteiger partial charge is 0.303 e. The zero-order valence-electron chi connectivity index (χ0n) is 9.85. The van der Waals surface area contributed by atoms with Crippen molar-refractivity contribution >= 4 is 5.97 Å². The van der Waals surface area contributed by atoms with Gasteiger partial charge in [0.2, 0.25) is 0 Å². The summed E-state index contributed by atoms with van der Waals surface area (Å²) in [6, 6.07) is 0. The molecule has 0 spiro atoms. The van der Waals surface area contributed by atoms with E-state index in [1.165, 1.54) is 12.5 Å². The number of carbonyl (C=O) groups excluding carboxylic acids is 1. The van der Waals surface area contributed by atoms with Crippen molar-refractivity contribution in [1.29, 1.82) is 0 Å². The Labute approximate surface area is 87.3 Å². The van der Waals surface area contributed by atoms with Crippen LogP contribution in [0.1, 0.15) is 53.4 Å². The van der Waals surface area contributed by atoms with Gasteiger partial charge in [-0.05, 0) is 39.5 Å². The molecule has 14 heavy (non-hydrogen) atoms. The van der Waals surface area contributed by atoms with E-state index in [2.05, 4.69) is 13.5 Å². The lowest BCUT2D eigenvalue weighted by Gasteiger charge is -2.24. The van der Waals surface area contributed by atoms with Crippen LogP contribution in [0.5, 0.6) is 0 Å². The summed E-state index contributed by atoms with van der Waals surface area (Å²) in [6.07, 6.45) is 3.99. The van der Waals surface area contributed by atoms with Crippen LogP contribution in [0.25, 0.3) is 0 Å². The average Bonchev–Trinajstić information content (AvgIpc) is 2.01. The third-order valence-corrected chi connectivity index (χ3v) is 2.23. The Balaban J connectivity index is 3.76. The van der Waals surface area contributed by atoms with Crippen LogP contribution in [-0.4, -0.2) is 11.6 Å². The quantitative estimate of drug-likeness (QED) is 0.482. The van der Waals surface area contributed by atoms with E-state index in [1.54, 1.807) is 0 Å². The molecule has 0 aromatic carbocycles. The SMILES string of the molecule is C=C(CC)CCCC(C)(C)OC(C)=O. The minimum atomic E-state index is -0.333. The molecule has 0 unspecified atom stereocenters. The molecule has 2 heteroatoms. The lowest BCUT2D eigenvalue weighted by atomic mass is 9.98. The van der Waals surface area contributed by atoms with Gasteiger partial charge < -0.3 is 4.74 Å². The van der Waals surface area contributed by atoms with Gasteiger partial charge in [-0.15, -0.1) is 0 Å². The first-order valence-corrected chi connectivity index (χ1v) is 5.23. The lowest BCUT2D eigenvalue weighted by molar-refractivity contribution is -0.154. The molecule has 0 fully saturated rings. The van der Waals surface area contributed by atoms with Crippen molar-refractivity contribution in [2.75, 3.05) is 0 Å². The first kappa shape index (κ1) is 13.2.